The molecule has 14 heavy (non-hydrogen) atoms. The van der Waals surface area contributed by atoms with Crippen LogP contribution in [-0.4, -0.2) is 30.4 Å². The lowest BCUT2D eigenvalue weighted by Gasteiger charge is -2.25. The maximum atomic E-state index is 11.7. The Balaban J connectivity index is 4.06. The van der Waals surface area contributed by atoms with E-state index in [1.807, 2.05) is 11.9 Å². The molecule has 0 spiro atoms. The molecule has 3 nitrogen and oxygen atoms in total. The van der Waals surface area contributed by atoms with Crippen molar-refractivity contribution in [2.24, 2.45) is 11.7 Å². The van der Waals surface area contributed by atoms with Crippen molar-refractivity contribution in [1.29, 1.82) is 0 Å². The molecule has 0 heterocycles. The maximum absolute atomic E-state index is 11.7. The van der Waals surface area contributed by atoms with Gasteiger partial charge < -0.3 is 10.6 Å². The predicted octanol–water partition coefficient (Wildman–Crippen LogP) is 1.62. The van der Waals surface area contributed by atoms with Crippen molar-refractivity contribution in [2.75, 3.05) is 13.6 Å². The second kappa shape index (κ2) is 6.82. The molecule has 0 saturated heterocycles. The standard InChI is InChI=1S/C11H24N2O/c1-5-9(3)13(4)11(14)7-10(6-2)8-12/h9-10H,5-8,12H2,1-4H3. The highest BCUT2D eigenvalue weighted by atomic mass is 16.2. The molecular weight excluding hydrogens is 176 g/mol. The summed E-state index contributed by atoms with van der Waals surface area (Å²) in [5.41, 5.74) is 5.57. The molecule has 0 aliphatic carbocycles. The fraction of sp³-hybridized carbons (Fsp3) is 0.909. The third kappa shape index (κ3) is 4.09. The van der Waals surface area contributed by atoms with Crippen LogP contribution in [0.2, 0.25) is 0 Å². The number of nitrogens with zero attached hydrogens (tertiary/aromatic N) is 1. The van der Waals surface area contributed by atoms with Gasteiger partial charge >= 0.3 is 0 Å². The Morgan fingerprint density at radius 2 is 1.93 bits per heavy atom. The highest BCUT2D eigenvalue weighted by Gasteiger charge is 2.17. The Morgan fingerprint density at radius 1 is 1.36 bits per heavy atom. The van der Waals surface area contributed by atoms with E-state index in [0.29, 0.717) is 24.9 Å². The van der Waals surface area contributed by atoms with Crippen molar-refractivity contribution in [2.45, 2.75) is 46.1 Å². The van der Waals surface area contributed by atoms with E-state index in [-0.39, 0.29) is 5.91 Å². The van der Waals surface area contributed by atoms with Gasteiger partial charge in [0.2, 0.25) is 5.91 Å². The van der Waals surface area contributed by atoms with E-state index in [1.54, 1.807) is 0 Å². The predicted molar refractivity (Wildman–Crippen MR) is 60.0 cm³/mol. The molecular formula is C11H24N2O. The van der Waals surface area contributed by atoms with Crippen LogP contribution in [-0.2, 0) is 4.79 Å². The Hall–Kier alpha value is -0.570. The zero-order chi connectivity index (χ0) is 11.1. The summed E-state index contributed by atoms with van der Waals surface area (Å²) in [6.45, 7) is 6.85. The van der Waals surface area contributed by atoms with Crippen LogP contribution < -0.4 is 5.73 Å². The summed E-state index contributed by atoms with van der Waals surface area (Å²) in [6.07, 6.45) is 2.58. The summed E-state index contributed by atoms with van der Waals surface area (Å²) in [6, 6.07) is 0.331. The molecule has 0 rings (SSSR count). The van der Waals surface area contributed by atoms with Gasteiger partial charge in [-0.2, -0.15) is 0 Å². The van der Waals surface area contributed by atoms with Gasteiger partial charge in [0.15, 0.2) is 0 Å². The summed E-state index contributed by atoms with van der Waals surface area (Å²) >= 11 is 0. The molecule has 84 valence electrons. The number of rotatable bonds is 6. The van der Waals surface area contributed by atoms with Crippen LogP contribution >= 0.6 is 0 Å². The molecule has 2 unspecified atom stereocenters. The second-order valence-electron chi connectivity index (χ2n) is 3.98. The minimum absolute atomic E-state index is 0.219. The smallest absolute Gasteiger partial charge is 0.222 e. The molecule has 0 radical (unpaired) electrons. The summed E-state index contributed by atoms with van der Waals surface area (Å²) in [5.74, 6) is 0.561. The number of amides is 1. The minimum Gasteiger partial charge on any atom is -0.343 e. The van der Waals surface area contributed by atoms with Crippen molar-refractivity contribution in [3.63, 3.8) is 0 Å². The topological polar surface area (TPSA) is 46.3 Å². The van der Waals surface area contributed by atoms with Crippen molar-refractivity contribution >= 4 is 5.91 Å². The quantitative estimate of drug-likeness (QED) is 0.708. The van der Waals surface area contributed by atoms with Gasteiger partial charge in [0, 0.05) is 19.5 Å². The van der Waals surface area contributed by atoms with Crippen molar-refractivity contribution in [3.8, 4) is 0 Å². The minimum atomic E-state index is 0.219. The monoisotopic (exact) mass is 200 g/mol. The van der Waals surface area contributed by atoms with Gasteiger partial charge in [-0.15, -0.1) is 0 Å². The summed E-state index contributed by atoms with van der Waals surface area (Å²) in [5, 5.41) is 0. The lowest BCUT2D eigenvalue weighted by molar-refractivity contribution is -0.132. The first-order chi connectivity index (χ1) is 6.56. The number of hydrogen-bond donors (Lipinski definition) is 1. The summed E-state index contributed by atoms with van der Waals surface area (Å²) in [4.78, 5) is 13.6. The highest BCUT2D eigenvalue weighted by Crippen LogP contribution is 2.10. The van der Waals surface area contributed by atoms with E-state index in [4.69, 9.17) is 5.73 Å². The van der Waals surface area contributed by atoms with Gasteiger partial charge in [-0.3, -0.25) is 4.79 Å². The summed E-state index contributed by atoms with van der Waals surface area (Å²) < 4.78 is 0. The molecule has 0 bridgehead atoms. The Morgan fingerprint density at radius 3 is 2.29 bits per heavy atom. The lowest BCUT2D eigenvalue weighted by atomic mass is 10.0. The van der Waals surface area contributed by atoms with Gasteiger partial charge in [0.25, 0.3) is 0 Å². The normalized spacial score (nSPS) is 14.9. The van der Waals surface area contributed by atoms with Crippen molar-refractivity contribution in [3.05, 3.63) is 0 Å². The van der Waals surface area contributed by atoms with E-state index in [9.17, 15) is 4.79 Å². The van der Waals surface area contributed by atoms with Gasteiger partial charge in [0.1, 0.15) is 0 Å². The molecule has 0 saturated carbocycles. The van der Waals surface area contributed by atoms with Gasteiger partial charge in [-0.1, -0.05) is 20.3 Å². The summed E-state index contributed by atoms with van der Waals surface area (Å²) in [7, 11) is 1.87. The Bertz CT molecular complexity index is 167. The van der Waals surface area contributed by atoms with Crippen LogP contribution in [0.15, 0.2) is 0 Å². The molecule has 0 aromatic heterocycles. The zero-order valence-electron chi connectivity index (χ0n) is 9.92. The average Bonchev–Trinajstić information content (AvgIpc) is 2.23. The van der Waals surface area contributed by atoms with E-state index in [0.717, 1.165) is 12.8 Å². The molecule has 2 N–H and O–H groups in total. The maximum Gasteiger partial charge on any atom is 0.222 e. The first-order valence-corrected chi connectivity index (χ1v) is 5.52. The van der Waals surface area contributed by atoms with Crippen LogP contribution in [0.1, 0.15) is 40.0 Å². The molecule has 1 amide bonds. The highest BCUT2D eigenvalue weighted by molar-refractivity contribution is 5.76. The van der Waals surface area contributed by atoms with Crippen LogP contribution in [0.3, 0.4) is 0 Å². The van der Waals surface area contributed by atoms with Crippen molar-refractivity contribution in [1.82, 2.24) is 4.90 Å². The number of carbonyl (C=O) groups excluding carboxylic acids is 1. The van der Waals surface area contributed by atoms with Gasteiger partial charge in [-0.05, 0) is 25.8 Å². The lowest BCUT2D eigenvalue weighted by Crippen LogP contribution is -2.36. The first-order valence-electron chi connectivity index (χ1n) is 5.52. The third-order valence-corrected chi connectivity index (χ3v) is 3.02. The molecule has 3 heteroatoms. The largest absolute Gasteiger partial charge is 0.343 e. The number of carbonyl (C=O) groups is 1. The zero-order valence-corrected chi connectivity index (χ0v) is 9.92. The second-order valence-corrected chi connectivity index (χ2v) is 3.98. The molecule has 2 atom stereocenters. The SMILES string of the molecule is CCC(CN)CC(=O)N(C)C(C)CC. The van der Waals surface area contributed by atoms with Gasteiger partial charge in [-0.25, -0.2) is 0 Å². The fourth-order valence-electron chi connectivity index (χ4n) is 1.30. The van der Waals surface area contributed by atoms with Crippen LogP contribution in [0, 0.1) is 5.92 Å². The van der Waals surface area contributed by atoms with Crippen LogP contribution in [0.25, 0.3) is 0 Å². The van der Waals surface area contributed by atoms with Gasteiger partial charge in [0.05, 0.1) is 0 Å². The van der Waals surface area contributed by atoms with Crippen molar-refractivity contribution < 1.29 is 4.79 Å². The molecule has 0 aromatic carbocycles. The Labute approximate surface area is 87.6 Å². The fourth-order valence-corrected chi connectivity index (χ4v) is 1.30. The number of nitrogens with two attached hydrogens (primary N) is 1. The van der Waals surface area contributed by atoms with Crippen LogP contribution in [0.4, 0.5) is 0 Å². The van der Waals surface area contributed by atoms with E-state index < -0.39 is 0 Å². The third-order valence-electron chi connectivity index (χ3n) is 3.02. The Kier molecular flexibility index (Phi) is 6.54. The van der Waals surface area contributed by atoms with E-state index in [1.165, 1.54) is 0 Å². The molecule has 0 fully saturated rings. The first kappa shape index (κ1) is 13.4. The molecule has 0 aromatic rings. The molecule has 0 aliphatic heterocycles. The van der Waals surface area contributed by atoms with E-state index >= 15 is 0 Å². The van der Waals surface area contributed by atoms with Crippen LogP contribution in [0.5, 0.6) is 0 Å². The average molecular weight is 200 g/mol. The van der Waals surface area contributed by atoms with E-state index in [2.05, 4.69) is 20.8 Å². The number of hydrogen-bond acceptors (Lipinski definition) is 2. The molecule has 0 aliphatic rings.